The Labute approximate surface area is 137 Å². The summed E-state index contributed by atoms with van der Waals surface area (Å²) in [5.41, 5.74) is 1.77. The molecule has 126 valence electrons. The molecule has 0 aliphatic heterocycles. The number of amides is 1. The lowest BCUT2D eigenvalue weighted by Gasteiger charge is -2.23. The predicted octanol–water partition coefficient (Wildman–Crippen LogP) is 1.45. The van der Waals surface area contributed by atoms with Crippen LogP contribution in [0.5, 0.6) is 0 Å². The molecule has 1 amide bonds. The third kappa shape index (κ3) is 4.48. The number of carbonyl (C=O) groups is 1. The van der Waals surface area contributed by atoms with Crippen molar-refractivity contribution < 1.29 is 4.79 Å². The molecule has 1 atom stereocenters. The van der Waals surface area contributed by atoms with E-state index in [9.17, 15) is 4.79 Å². The Hall–Kier alpha value is -2.02. The van der Waals surface area contributed by atoms with E-state index in [4.69, 9.17) is 0 Å². The first-order valence-electron chi connectivity index (χ1n) is 7.93. The maximum atomic E-state index is 12.5. The smallest absolute Gasteiger partial charge is 0.291 e. The molecule has 0 saturated heterocycles. The Morgan fingerprint density at radius 1 is 1.30 bits per heavy atom. The van der Waals surface area contributed by atoms with E-state index in [0.29, 0.717) is 11.7 Å². The van der Waals surface area contributed by atoms with Gasteiger partial charge in [-0.15, -0.1) is 5.10 Å². The Morgan fingerprint density at radius 3 is 2.61 bits per heavy atom. The lowest BCUT2D eigenvalue weighted by molar-refractivity contribution is 0.0914. The summed E-state index contributed by atoms with van der Waals surface area (Å²) in [5, 5.41) is 7.33. The van der Waals surface area contributed by atoms with Gasteiger partial charge in [-0.05, 0) is 46.3 Å². The second kappa shape index (κ2) is 7.04. The Bertz CT molecular complexity index is 681. The lowest BCUT2D eigenvalue weighted by atomic mass is 10.0. The summed E-state index contributed by atoms with van der Waals surface area (Å²) in [6.45, 7) is 8.90. The predicted molar refractivity (Wildman–Crippen MR) is 89.5 cm³/mol. The number of aromatic nitrogens is 4. The number of hydrogen-bond acceptors (Lipinski definition) is 5. The lowest BCUT2D eigenvalue weighted by Crippen LogP contribution is -2.42. The normalized spacial score (nSPS) is 13.0. The van der Waals surface area contributed by atoms with Gasteiger partial charge in [0.15, 0.2) is 0 Å². The average molecular weight is 318 g/mol. The number of aryl methyl sites for hydroxylation is 2. The van der Waals surface area contributed by atoms with E-state index >= 15 is 0 Å². The van der Waals surface area contributed by atoms with E-state index in [1.807, 2.05) is 34.0 Å². The van der Waals surface area contributed by atoms with Crippen LogP contribution in [-0.2, 0) is 0 Å². The monoisotopic (exact) mass is 318 g/mol. The van der Waals surface area contributed by atoms with Crippen molar-refractivity contribution in [3.8, 4) is 0 Å². The van der Waals surface area contributed by atoms with Crippen molar-refractivity contribution in [3.63, 3.8) is 0 Å². The summed E-state index contributed by atoms with van der Waals surface area (Å²) in [4.78, 5) is 23.1. The Kier molecular flexibility index (Phi) is 5.30. The molecule has 0 aromatic carbocycles. The molecule has 0 unspecified atom stereocenters. The van der Waals surface area contributed by atoms with E-state index in [0.717, 1.165) is 24.4 Å². The molecule has 23 heavy (non-hydrogen) atoms. The summed E-state index contributed by atoms with van der Waals surface area (Å²) in [7, 11) is 4.00. The summed E-state index contributed by atoms with van der Waals surface area (Å²) < 4.78 is 1.60. The summed E-state index contributed by atoms with van der Waals surface area (Å²) in [6, 6.07) is 1.98. The van der Waals surface area contributed by atoms with Crippen LogP contribution >= 0.6 is 0 Å². The van der Waals surface area contributed by atoms with Crippen LogP contribution in [0.2, 0.25) is 0 Å². The van der Waals surface area contributed by atoms with E-state index in [1.165, 1.54) is 0 Å². The third-order valence-corrected chi connectivity index (χ3v) is 3.50. The summed E-state index contributed by atoms with van der Waals surface area (Å²) in [6.07, 6.45) is 0.910. The van der Waals surface area contributed by atoms with Crippen LogP contribution in [-0.4, -0.2) is 57.1 Å². The van der Waals surface area contributed by atoms with Crippen molar-refractivity contribution in [3.05, 3.63) is 23.3 Å². The van der Waals surface area contributed by atoms with Crippen LogP contribution in [0.25, 0.3) is 5.78 Å². The molecule has 0 bridgehead atoms. The fourth-order valence-electron chi connectivity index (χ4n) is 2.70. The number of fused-ring (bicyclic) bond motifs is 1. The first-order chi connectivity index (χ1) is 10.8. The molecular formula is C16H26N6O. The zero-order valence-electron chi connectivity index (χ0n) is 14.8. The van der Waals surface area contributed by atoms with Crippen molar-refractivity contribution in [2.75, 3.05) is 20.6 Å². The van der Waals surface area contributed by atoms with Crippen molar-refractivity contribution in [1.29, 1.82) is 0 Å². The fraction of sp³-hybridized carbons (Fsp3) is 0.625. The molecule has 7 nitrogen and oxygen atoms in total. The second-order valence-corrected chi connectivity index (χ2v) is 6.75. The standard InChI is InChI=1S/C16H26N6O/c1-10(2)7-13(9-21(5)6)18-15(23)14-19-16-17-11(3)8-12(4)22(16)20-14/h8,10,13H,7,9H2,1-6H3,(H,18,23)/t13-/m0/s1. The van der Waals surface area contributed by atoms with Crippen LogP contribution in [0.4, 0.5) is 0 Å². The second-order valence-electron chi connectivity index (χ2n) is 6.75. The average Bonchev–Trinajstić information content (AvgIpc) is 2.81. The van der Waals surface area contributed by atoms with Gasteiger partial charge in [0, 0.05) is 24.0 Å². The van der Waals surface area contributed by atoms with Gasteiger partial charge in [-0.3, -0.25) is 4.79 Å². The molecule has 0 spiro atoms. The Morgan fingerprint density at radius 2 is 2.00 bits per heavy atom. The minimum atomic E-state index is -0.250. The van der Waals surface area contributed by atoms with Gasteiger partial charge in [0.05, 0.1) is 0 Å². The molecule has 2 aromatic rings. The molecule has 2 rings (SSSR count). The Balaban J connectivity index is 2.20. The summed E-state index contributed by atoms with van der Waals surface area (Å²) >= 11 is 0. The maximum absolute atomic E-state index is 12.5. The van der Waals surface area contributed by atoms with E-state index in [-0.39, 0.29) is 17.8 Å². The number of rotatable bonds is 6. The van der Waals surface area contributed by atoms with Crippen molar-refractivity contribution >= 4 is 11.7 Å². The van der Waals surface area contributed by atoms with Crippen LogP contribution in [0.15, 0.2) is 6.07 Å². The molecule has 0 saturated carbocycles. The van der Waals surface area contributed by atoms with E-state index in [1.54, 1.807) is 4.52 Å². The van der Waals surface area contributed by atoms with Gasteiger partial charge in [-0.2, -0.15) is 4.98 Å². The van der Waals surface area contributed by atoms with E-state index < -0.39 is 0 Å². The van der Waals surface area contributed by atoms with Crippen LogP contribution in [0.1, 0.15) is 42.3 Å². The molecule has 0 aliphatic carbocycles. The fourth-order valence-corrected chi connectivity index (χ4v) is 2.70. The van der Waals surface area contributed by atoms with Crippen LogP contribution in [0.3, 0.4) is 0 Å². The highest BCUT2D eigenvalue weighted by atomic mass is 16.2. The van der Waals surface area contributed by atoms with Gasteiger partial charge in [0.2, 0.25) is 5.82 Å². The van der Waals surface area contributed by atoms with Gasteiger partial charge in [0.25, 0.3) is 11.7 Å². The van der Waals surface area contributed by atoms with Crippen LogP contribution < -0.4 is 5.32 Å². The molecule has 2 aromatic heterocycles. The molecule has 2 heterocycles. The highest BCUT2D eigenvalue weighted by Crippen LogP contribution is 2.08. The molecule has 7 heteroatoms. The first-order valence-corrected chi connectivity index (χ1v) is 7.93. The van der Waals surface area contributed by atoms with Crippen molar-refractivity contribution in [1.82, 2.24) is 29.8 Å². The topological polar surface area (TPSA) is 75.4 Å². The highest BCUT2D eigenvalue weighted by molar-refractivity contribution is 5.91. The van der Waals surface area contributed by atoms with Gasteiger partial charge in [0.1, 0.15) is 0 Å². The molecule has 1 N–H and O–H groups in total. The molecule has 0 radical (unpaired) electrons. The van der Waals surface area contributed by atoms with Crippen molar-refractivity contribution in [2.24, 2.45) is 5.92 Å². The van der Waals surface area contributed by atoms with Gasteiger partial charge in [-0.25, -0.2) is 9.50 Å². The summed E-state index contributed by atoms with van der Waals surface area (Å²) in [5.74, 6) is 0.875. The van der Waals surface area contributed by atoms with Crippen LogP contribution in [0, 0.1) is 19.8 Å². The minimum Gasteiger partial charge on any atom is -0.345 e. The zero-order valence-corrected chi connectivity index (χ0v) is 14.8. The maximum Gasteiger partial charge on any atom is 0.291 e. The third-order valence-electron chi connectivity index (χ3n) is 3.50. The molecular weight excluding hydrogens is 292 g/mol. The number of hydrogen-bond donors (Lipinski definition) is 1. The largest absolute Gasteiger partial charge is 0.345 e. The molecule has 0 aliphatic rings. The molecule has 0 fully saturated rings. The number of carbonyl (C=O) groups excluding carboxylic acids is 1. The van der Waals surface area contributed by atoms with Gasteiger partial charge >= 0.3 is 0 Å². The number of likely N-dealkylation sites (N-methyl/N-ethyl adjacent to an activating group) is 1. The highest BCUT2D eigenvalue weighted by Gasteiger charge is 2.20. The van der Waals surface area contributed by atoms with Gasteiger partial charge in [-0.1, -0.05) is 13.8 Å². The zero-order chi connectivity index (χ0) is 17.1. The number of nitrogens with zero attached hydrogens (tertiary/aromatic N) is 5. The SMILES string of the molecule is Cc1cc(C)n2nc(C(=O)N[C@@H](CC(C)C)CN(C)C)nc2n1. The minimum absolute atomic E-state index is 0.0694. The quantitative estimate of drug-likeness (QED) is 0.872. The number of nitrogens with one attached hydrogen (secondary N) is 1. The first kappa shape index (κ1) is 17.3. The van der Waals surface area contributed by atoms with Crippen molar-refractivity contribution in [2.45, 2.75) is 40.2 Å². The van der Waals surface area contributed by atoms with E-state index in [2.05, 4.69) is 39.1 Å². The van der Waals surface area contributed by atoms with Gasteiger partial charge < -0.3 is 10.2 Å².